The maximum atomic E-state index is 13.9. The second-order valence-corrected chi connectivity index (χ2v) is 16.3. The molecule has 13 heteroatoms. The second kappa shape index (κ2) is 12.6. The Labute approximate surface area is 292 Å². The highest BCUT2D eigenvalue weighted by Crippen LogP contribution is 2.65. The van der Waals surface area contributed by atoms with E-state index in [-0.39, 0.29) is 36.6 Å². The van der Waals surface area contributed by atoms with Gasteiger partial charge in [-0.25, -0.2) is 13.6 Å². The number of fused-ring (bicyclic) bond motifs is 1. The topological polar surface area (TPSA) is 117 Å². The molecule has 2 amide bonds. The molecule has 6 aliphatic rings. The zero-order chi connectivity index (χ0) is 35.6. The van der Waals surface area contributed by atoms with Crippen molar-refractivity contribution in [3.63, 3.8) is 0 Å². The van der Waals surface area contributed by atoms with Crippen LogP contribution in [0.3, 0.4) is 0 Å². The number of benzene rings is 1. The van der Waals surface area contributed by atoms with Crippen molar-refractivity contribution < 1.29 is 36.8 Å². The number of ether oxygens (including phenoxy) is 1. The third-order valence-corrected chi connectivity index (χ3v) is 12.4. The van der Waals surface area contributed by atoms with Gasteiger partial charge >= 0.3 is 13.2 Å². The summed E-state index contributed by atoms with van der Waals surface area (Å²) in [5, 5.41) is 13.9. The number of rotatable bonds is 8. The van der Waals surface area contributed by atoms with Crippen LogP contribution in [0.1, 0.15) is 72.3 Å². The van der Waals surface area contributed by atoms with Crippen molar-refractivity contribution in [3.05, 3.63) is 47.7 Å². The number of halogens is 2. The van der Waals surface area contributed by atoms with Gasteiger partial charge in [-0.1, -0.05) is 32.0 Å². The maximum absolute atomic E-state index is 13.9. The van der Waals surface area contributed by atoms with Gasteiger partial charge in [-0.05, 0) is 87.8 Å². The fraction of sp³-hybridized carbons (Fsp3) is 0.649. The Bertz CT molecular complexity index is 1720. The molecule has 1 N–H and O–H groups in total. The van der Waals surface area contributed by atoms with Gasteiger partial charge in [0.15, 0.2) is 0 Å². The van der Waals surface area contributed by atoms with Gasteiger partial charge in [0, 0.05) is 30.4 Å². The van der Waals surface area contributed by atoms with Crippen LogP contribution in [0.25, 0.3) is 11.0 Å². The lowest BCUT2D eigenvalue weighted by Crippen LogP contribution is -2.65. The van der Waals surface area contributed by atoms with Crippen LogP contribution < -0.4 is 5.32 Å². The largest absolute Gasteiger partial charge is 0.482 e. The smallest absolute Gasteiger partial charge is 0.464 e. The molecule has 4 heterocycles. The van der Waals surface area contributed by atoms with Crippen LogP contribution in [0.5, 0.6) is 0 Å². The molecule has 0 radical (unpaired) electrons. The third-order valence-electron chi connectivity index (χ3n) is 12.4. The highest BCUT2D eigenvalue weighted by atomic mass is 19.3. The quantitative estimate of drug-likeness (QED) is 0.207. The van der Waals surface area contributed by atoms with Crippen molar-refractivity contribution in [2.24, 2.45) is 17.3 Å². The van der Waals surface area contributed by atoms with Crippen molar-refractivity contribution in [1.29, 1.82) is 5.26 Å². The number of carbonyl (C=O) groups excluding carboxylic acids is 2. The van der Waals surface area contributed by atoms with Crippen molar-refractivity contribution in [3.8, 4) is 6.07 Å². The zero-order valence-electron chi connectivity index (χ0n) is 29.5. The molecule has 3 aliphatic heterocycles. The molecule has 268 valence electrons. The molecule has 1 aromatic carbocycles. The number of alkyl carbamates (subject to hydrolysis) is 1. The predicted molar refractivity (Wildman–Crippen MR) is 182 cm³/mol. The van der Waals surface area contributed by atoms with E-state index in [1.807, 2.05) is 30.3 Å². The molecule has 8 rings (SSSR count). The van der Waals surface area contributed by atoms with Gasteiger partial charge in [0.2, 0.25) is 0 Å². The van der Waals surface area contributed by atoms with Crippen LogP contribution in [0.15, 0.2) is 46.6 Å². The first-order valence-corrected chi connectivity index (χ1v) is 17.9. The molecular formula is C37H47BF2N4O6. The van der Waals surface area contributed by atoms with Gasteiger partial charge in [-0.3, -0.25) is 9.69 Å². The number of hydrogen-bond acceptors (Lipinski definition) is 8. The van der Waals surface area contributed by atoms with Gasteiger partial charge < -0.3 is 28.7 Å². The van der Waals surface area contributed by atoms with E-state index < -0.39 is 54.8 Å². The number of para-hydroxylation sites is 1. The molecule has 6 atom stereocenters. The SMILES string of the molecule is CC1(C)[C@@H]2C[C@H]3OB([C@H](Cc4coc5ccccc45)NC(=O)O[C@H]4CCCN(C(=O)/C(C#N)=C/C(C)(C)N5CCC(F)(F)C5)C4)O[C@@]3(C)[C@H]1C2. The van der Waals surface area contributed by atoms with Gasteiger partial charge in [-0.2, -0.15) is 5.26 Å². The number of hydrogen-bond donors (Lipinski definition) is 1. The van der Waals surface area contributed by atoms with E-state index >= 15 is 0 Å². The number of alkyl halides is 2. The number of piperidine rings is 1. The van der Waals surface area contributed by atoms with Crippen LogP contribution in [0, 0.1) is 28.6 Å². The Morgan fingerprint density at radius 3 is 2.72 bits per heavy atom. The lowest BCUT2D eigenvalue weighted by molar-refractivity contribution is -0.199. The van der Waals surface area contributed by atoms with E-state index in [2.05, 4.69) is 26.1 Å². The molecule has 1 aromatic heterocycles. The highest BCUT2D eigenvalue weighted by molar-refractivity contribution is 6.48. The first-order valence-electron chi connectivity index (χ1n) is 17.9. The molecule has 0 spiro atoms. The summed E-state index contributed by atoms with van der Waals surface area (Å²) in [5.74, 6) is -2.96. The Hall–Kier alpha value is -3.47. The minimum atomic E-state index is -2.80. The zero-order valence-corrected chi connectivity index (χ0v) is 29.5. The summed E-state index contributed by atoms with van der Waals surface area (Å²) in [6.07, 6.45) is 5.12. The number of nitrogens with zero attached hydrogens (tertiary/aromatic N) is 3. The molecule has 3 saturated carbocycles. The van der Waals surface area contributed by atoms with Crippen LogP contribution in [-0.4, -0.2) is 90.3 Å². The molecule has 10 nitrogen and oxygen atoms in total. The normalized spacial score (nSPS) is 31.1. The summed E-state index contributed by atoms with van der Waals surface area (Å²) in [4.78, 5) is 30.2. The Morgan fingerprint density at radius 2 is 2.00 bits per heavy atom. The number of likely N-dealkylation sites (tertiary alicyclic amines) is 2. The summed E-state index contributed by atoms with van der Waals surface area (Å²) in [6, 6.07) is 9.72. The molecule has 50 heavy (non-hydrogen) atoms. The van der Waals surface area contributed by atoms with Gasteiger partial charge in [0.05, 0.1) is 37.0 Å². The fourth-order valence-electron chi connectivity index (χ4n) is 9.25. The third kappa shape index (κ3) is 6.32. The number of carbonyl (C=O) groups is 2. The molecule has 6 fully saturated rings. The van der Waals surface area contributed by atoms with Crippen molar-refractivity contribution >= 4 is 30.1 Å². The minimum absolute atomic E-state index is 0.0714. The second-order valence-electron chi connectivity index (χ2n) is 16.3. The monoisotopic (exact) mass is 692 g/mol. The summed E-state index contributed by atoms with van der Waals surface area (Å²) in [5.41, 5.74) is 0.320. The van der Waals surface area contributed by atoms with Crippen LogP contribution in [0.2, 0.25) is 0 Å². The van der Waals surface area contributed by atoms with E-state index in [1.165, 1.54) is 11.0 Å². The molecular weight excluding hydrogens is 645 g/mol. The van der Waals surface area contributed by atoms with E-state index in [9.17, 15) is 23.6 Å². The minimum Gasteiger partial charge on any atom is -0.464 e. The lowest BCUT2D eigenvalue weighted by atomic mass is 9.43. The molecule has 3 saturated heterocycles. The molecule has 2 aromatic rings. The summed E-state index contributed by atoms with van der Waals surface area (Å²) >= 11 is 0. The fourth-order valence-corrected chi connectivity index (χ4v) is 9.25. The maximum Gasteiger partial charge on any atom is 0.482 e. The number of nitrogens with one attached hydrogen (secondary N) is 1. The van der Waals surface area contributed by atoms with E-state index in [1.54, 1.807) is 25.0 Å². The van der Waals surface area contributed by atoms with Crippen molar-refractivity contribution in [2.75, 3.05) is 26.2 Å². The molecule has 0 unspecified atom stereocenters. The highest BCUT2D eigenvalue weighted by Gasteiger charge is 2.68. The predicted octanol–water partition coefficient (Wildman–Crippen LogP) is 5.90. The molecule has 3 aliphatic carbocycles. The number of furan rings is 1. The standard InChI is InChI=1S/C37H47BF2N4O6/c1-34(2,44-14-12-37(39,40)22-44)18-24(19-41)32(45)43-13-8-9-26(20-43)48-33(46)42-31(15-23-21-47-28-11-7-6-10-27(23)28)38-49-30-17-25-16-29(35(25,3)4)36(30,5)50-38/h6-7,10-11,18,21,25-26,29-31H,8-9,12-17,20,22H2,1-5H3,(H,42,46)/b24-18+/t25-,26-,29-,30+,31-,36-/m0/s1. The molecule has 2 bridgehead atoms. The Balaban J connectivity index is 1.03. The average Bonchev–Trinajstić information content (AvgIpc) is 3.77. The summed E-state index contributed by atoms with van der Waals surface area (Å²) in [6.45, 7) is 10.4. The van der Waals surface area contributed by atoms with E-state index in [0.717, 1.165) is 29.4 Å². The summed E-state index contributed by atoms with van der Waals surface area (Å²) in [7, 11) is -0.701. The van der Waals surface area contributed by atoms with Gasteiger partial charge in [0.1, 0.15) is 23.3 Å². The van der Waals surface area contributed by atoms with Crippen LogP contribution in [-0.2, 0) is 25.3 Å². The van der Waals surface area contributed by atoms with E-state index in [4.69, 9.17) is 18.5 Å². The van der Waals surface area contributed by atoms with Crippen molar-refractivity contribution in [1.82, 2.24) is 15.1 Å². The van der Waals surface area contributed by atoms with Crippen LogP contribution >= 0.6 is 0 Å². The lowest BCUT2D eigenvalue weighted by Gasteiger charge is -2.64. The van der Waals surface area contributed by atoms with Crippen molar-refractivity contribution in [2.45, 2.75) is 108 Å². The number of nitriles is 1. The van der Waals surface area contributed by atoms with Gasteiger partial charge in [0.25, 0.3) is 11.8 Å². The Kier molecular flexibility index (Phi) is 8.84. The van der Waals surface area contributed by atoms with Gasteiger partial charge in [-0.15, -0.1) is 0 Å². The summed E-state index contributed by atoms with van der Waals surface area (Å²) < 4.78 is 52.9. The number of amides is 2. The average molecular weight is 693 g/mol. The Morgan fingerprint density at radius 1 is 1.22 bits per heavy atom. The van der Waals surface area contributed by atoms with Crippen LogP contribution in [0.4, 0.5) is 13.6 Å². The van der Waals surface area contributed by atoms with E-state index in [0.29, 0.717) is 37.6 Å². The first-order chi connectivity index (χ1) is 23.6. The first kappa shape index (κ1) is 35.0.